The lowest BCUT2D eigenvalue weighted by Crippen LogP contribution is -1.91. The second-order valence-corrected chi connectivity index (χ2v) is 3.21. The van der Waals surface area contributed by atoms with Crippen molar-refractivity contribution in [2.75, 3.05) is 0 Å². The first kappa shape index (κ1) is 7.28. The summed E-state index contributed by atoms with van der Waals surface area (Å²) in [6, 6.07) is 0. The van der Waals surface area contributed by atoms with Gasteiger partial charge in [-0.25, -0.2) is 9.67 Å². The van der Waals surface area contributed by atoms with E-state index in [0.717, 1.165) is 12.2 Å². The molecule has 0 unspecified atom stereocenters. The number of allylic oxidation sites excluding steroid dienone is 2. The van der Waals surface area contributed by atoms with Gasteiger partial charge < -0.3 is 0 Å². The van der Waals surface area contributed by atoms with Crippen LogP contribution in [-0.2, 0) is 0 Å². The van der Waals surface area contributed by atoms with Crippen LogP contribution in [0.4, 0.5) is 0 Å². The largest absolute Gasteiger partial charge is 0.221 e. The minimum atomic E-state index is 0.921. The maximum Gasteiger partial charge on any atom is 0.155 e. The summed E-state index contributed by atoms with van der Waals surface area (Å²) in [6.07, 6.45) is 6.69. The highest BCUT2D eigenvalue weighted by atomic mass is 15.3. The molecule has 0 spiro atoms. The number of hydrogen-bond acceptors (Lipinski definition) is 2. The summed E-state index contributed by atoms with van der Waals surface area (Å²) in [4.78, 5) is 4.13. The molecule has 12 heavy (non-hydrogen) atoms. The number of aromatic nitrogens is 3. The van der Waals surface area contributed by atoms with Gasteiger partial charge in [0.05, 0.1) is 0 Å². The normalized spacial score (nSPS) is 16.2. The SMILES string of the molecule is CC1=Cc2ncnn2C=C(C)C1. The van der Waals surface area contributed by atoms with Gasteiger partial charge in [0.1, 0.15) is 6.33 Å². The Bertz CT molecular complexity index is 325. The molecule has 0 amide bonds. The number of nitrogens with zero attached hydrogens (tertiary/aromatic N) is 3. The molecule has 0 bridgehead atoms. The molecule has 0 radical (unpaired) electrons. The Morgan fingerprint density at radius 2 is 2.17 bits per heavy atom. The van der Waals surface area contributed by atoms with Gasteiger partial charge in [0.2, 0.25) is 0 Å². The molecule has 0 aromatic carbocycles. The first-order chi connectivity index (χ1) is 5.75. The molecule has 0 N–H and O–H groups in total. The molecule has 2 heterocycles. The minimum absolute atomic E-state index is 0.921. The highest BCUT2D eigenvalue weighted by molar-refractivity contribution is 5.52. The molecule has 0 saturated heterocycles. The molecule has 1 aromatic rings. The quantitative estimate of drug-likeness (QED) is 0.582. The Kier molecular flexibility index (Phi) is 1.57. The van der Waals surface area contributed by atoms with Crippen molar-refractivity contribution in [2.45, 2.75) is 20.3 Å². The summed E-state index contributed by atoms with van der Waals surface area (Å²) in [7, 11) is 0. The molecule has 3 nitrogen and oxygen atoms in total. The first-order valence-electron chi connectivity index (χ1n) is 3.99. The third kappa shape index (κ3) is 1.18. The van der Waals surface area contributed by atoms with Crippen molar-refractivity contribution in [1.29, 1.82) is 0 Å². The van der Waals surface area contributed by atoms with Crippen LogP contribution < -0.4 is 0 Å². The third-order valence-electron chi connectivity index (χ3n) is 1.88. The van der Waals surface area contributed by atoms with E-state index < -0.39 is 0 Å². The van der Waals surface area contributed by atoms with Crippen molar-refractivity contribution in [3.8, 4) is 0 Å². The van der Waals surface area contributed by atoms with E-state index in [2.05, 4.69) is 30.0 Å². The molecule has 62 valence electrons. The topological polar surface area (TPSA) is 30.7 Å². The van der Waals surface area contributed by atoms with Crippen molar-refractivity contribution in [3.63, 3.8) is 0 Å². The van der Waals surface area contributed by atoms with Gasteiger partial charge in [-0.05, 0) is 26.3 Å². The smallest absolute Gasteiger partial charge is 0.155 e. The number of fused-ring (bicyclic) bond motifs is 1. The summed E-state index contributed by atoms with van der Waals surface area (Å²) >= 11 is 0. The van der Waals surface area contributed by atoms with Gasteiger partial charge in [0.15, 0.2) is 5.82 Å². The van der Waals surface area contributed by atoms with Gasteiger partial charge >= 0.3 is 0 Å². The third-order valence-corrected chi connectivity index (χ3v) is 1.88. The molecule has 1 aliphatic rings. The van der Waals surface area contributed by atoms with Gasteiger partial charge in [-0.1, -0.05) is 11.1 Å². The van der Waals surface area contributed by atoms with Crippen LogP contribution in [0, 0.1) is 0 Å². The predicted molar refractivity (Wildman–Crippen MR) is 48.2 cm³/mol. The first-order valence-corrected chi connectivity index (χ1v) is 3.99. The van der Waals surface area contributed by atoms with Crippen LogP contribution in [0.3, 0.4) is 0 Å². The summed E-state index contributed by atoms with van der Waals surface area (Å²) in [5, 5.41) is 4.09. The van der Waals surface area contributed by atoms with E-state index in [0.29, 0.717) is 0 Å². The Hall–Kier alpha value is -1.38. The molecule has 0 atom stereocenters. The van der Waals surface area contributed by atoms with Crippen molar-refractivity contribution < 1.29 is 0 Å². The van der Waals surface area contributed by atoms with E-state index >= 15 is 0 Å². The molecule has 0 fully saturated rings. The van der Waals surface area contributed by atoms with Crippen LogP contribution in [0.2, 0.25) is 0 Å². The highest BCUT2D eigenvalue weighted by Gasteiger charge is 2.05. The van der Waals surface area contributed by atoms with Crippen molar-refractivity contribution >= 4 is 12.3 Å². The van der Waals surface area contributed by atoms with Crippen LogP contribution in [0.5, 0.6) is 0 Å². The zero-order chi connectivity index (χ0) is 8.55. The fourth-order valence-corrected chi connectivity index (χ4v) is 1.43. The van der Waals surface area contributed by atoms with E-state index in [9.17, 15) is 0 Å². The Morgan fingerprint density at radius 3 is 3.00 bits per heavy atom. The van der Waals surface area contributed by atoms with Crippen molar-refractivity contribution in [1.82, 2.24) is 14.8 Å². The van der Waals surface area contributed by atoms with E-state index in [4.69, 9.17) is 0 Å². The van der Waals surface area contributed by atoms with Crippen LogP contribution in [0.15, 0.2) is 17.5 Å². The number of rotatable bonds is 0. The zero-order valence-corrected chi connectivity index (χ0v) is 7.28. The van der Waals surface area contributed by atoms with Crippen LogP contribution in [0.1, 0.15) is 26.1 Å². The average Bonchev–Trinajstić information content (AvgIpc) is 2.31. The lowest BCUT2D eigenvalue weighted by molar-refractivity contribution is 0.915. The molecular weight excluding hydrogens is 150 g/mol. The predicted octanol–water partition coefficient (Wildman–Crippen LogP) is 1.95. The van der Waals surface area contributed by atoms with Crippen molar-refractivity contribution in [2.24, 2.45) is 0 Å². The highest BCUT2D eigenvalue weighted by Crippen LogP contribution is 2.17. The van der Waals surface area contributed by atoms with Gasteiger partial charge in [0, 0.05) is 6.20 Å². The Labute approximate surface area is 71.4 Å². The van der Waals surface area contributed by atoms with Gasteiger partial charge in [-0.2, -0.15) is 5.10 Å². The molecular formula is C9H11N3. The minimum Gasteiger partial charge on any atom is -0.221 e. The maximum absolute atomic E-state index is 4.13. The Balaban J connectivity index is 2.56. The Morgan fingerprint density at radius 1 is 1.33 bits per heavy atom. The summed E-state index contributed by atoms with van der Waals surface area (Å²) < 4.78 is 1.81. The molecule has 3 heteroatoms. The fraction of sp³-hybridized carbons (Fsp3) is 0.333. The zero-order valence-electron chi connectivity index (χ0n) is 7.28. The van der Waals surface area contributed by atoms with E-state index in [1.165, 1.54) is 11.1 Å². The van der Waals surface area contributed by atoms with Crippen LogP contribution in [0.25, 0.3) is 12.3 Å². The molecule has 0 aliphatic carbocycles. The monoisotopic (exact) mass is 161 g/mol. The average molecular weight is 161 g/mol. The van der Waals surface area contributed by atoms with Gasteiger partial charge in [-0.15, -0.1) is 0 Å². The van der Waals surface area contributed by atoms with Crippen molar-refractivity contribution in [3.05, 3.63) is 23.3 Å². The molecule has 1 aliphatic heterocycles. The lowest BCUT2D eigenvalue weighted by atomic mass is 10.1. The fourth-order valence-electron chi connectivity index (χ4n) is 1.43. The molecule has 2 rings (SSSR count). The molecule has 1 aromatic heterocycles. The van der Waals surface area contributed by atoms with E-state index in [1.54, 1.807) is 6.33 Å². The van der Waals surface area contributed by atoms with E-state index in [1.807, 2.05) is 10.9 Å². The number of hydrogen-bond donors (Lipinski definition) is 0. The van der Waals surface area contributed by atoms with Crippen LogP contribution >= 0.6 is 0 Å². The standard InChI is InChI=1S/C9H11N3/c1-7-3-8(2)5-12-9(4-7)10-6-11-12/h4-6H,3H2,1-2H3. The molecule has 0 saturated carbocycles. The van der Waals surface area contributed by atoms with Gasteiger partial charge in [0.25, 0.3) is 0 Å². The van der Waals surface area contributed by atoms with Gasteiger partial charge in [-0.3, -0.25) is 0 Å². The summed E-state index contributed by atoms with van der Waals surface area (Å²) in [6.45, 7) is 4.22. The summed E-state index contributed by atoms with van der Waals surface area (Å²) in [5.74, 6) is 0.921. The van der Waals surface area contributed by atoms with E-state index in [-0.39, 0.29) is 0 Å². The summed E-state index contributed by atoms with van der Waals surface area (Å²) in [5.41, 5.74) is 2.64. The second-order valence-electron chi connectivity index (χ2n) is 3.21. The second kappa shape index (κ2) is 2.59. The van der Waals surface area contributed by atoms with Crippen LogP contribution in [-0.4, -0.2) is 14.8 Å². The maximum atomic E-state index is 4.13. The lowest BCUT2D eigenvalue weighted by Gasteiger charge is -1.95.